The lowest BCUT2D eigenvalue weighted by Crippen LogP contribution is -2.28. The third-order valence-corrected chi connectivity index (χ3v) is 4.76. The van der Waals surface area contributed by atoms with Crippen molar-refractivity contribution in [1.82, 2.24) is 20.0 Å². The fourth-order valence-electron chi connectivity index (χ4n) is 3.47. The van der Waals surface area contributed by atoms with Crippen LogP contribution >= 0.6 is 0 Å². The molecule has 2 N–H and O–H groups in total. The van der Waals surface area contributed by atoms with E-state index in [-0.39, 0.29) is 6.03 Å². The number of urea groups is 1. The molecule has 0 aliphatic carbocycles. The number of para-hydroxylation sites is 1. The highest BCUT2D eigenvalue weighted by molar-refractivity contribution is 5.90. The number of aromatic nitrogens is 2. The fraction of sp³-hybridized carbons (Fsp3) is 0.500. The Kier molecular flexibility index (Phi) is 6.28. The van der Waals surface area contributed by atoms with Crippen molar-refractivity contribution < 1.29 is 4.79 Å². The zero-order valence-corrected chi connectivity index (χ0v) is 15.8. The summed E-state index contributed by atoms with van der Waals surface area (Å²) in [6.45, 7) is 8.88. The fourth-order valence-corrected chi connectivity index (χ4v) is 3.47. The van der Waals surface area contributed by atoms with Crippen molar-refractivity contribution in [1.29, 1.82) is 0 Å². The first-order valence-electron chi connectivity index (χ1n) is 9.60. The summed E-state index contributed by atoms with van der Waals surface area (Å²) in [5.74, 6) is 0. The van der Waals surface area contributed by atoms with Gasteiger partial charge in [0, 0.05) is 25.3 Å². The van der Waals surface area contributed by atoms with Gasteiger partial charge in [-0.25, -0.2) is 4.79 Å². The maximum atomic E-state index is 12.2. The van der Waals surface area contributed by atoms with Gasteiger partial charge in [0.2, 0.25) is 0 Å². The van der Waals surface area contributed by atoms with Gasteiger partial charge >= 0.3 is 6.03 Å². The van der Waals surface area contributed by atoms with E-state index >= 15 is 0 Å². The molecule has 0 bridgehead atoms. The highest BCUT2D eigenvalue weighted by Gasteiger charge is 2.16. The molecule has 2 amide bonds. The van der Waals surface area contributed by atoms with E-state index < -0.39 is 0 Å². The van der Waals surface area contributed by atoms with Gasteiger partial charge < -0.3 is 10.6 Å². The number of anilines is 1. The molecule has 2 aromatic rings. The van der Waals surface area contributed by atoms with E-state index in [0.717, 1.165) is 56.0 Å². The van der Waals surface area contributed by atoms with Crippen LogP contribution in [0.1, 0.15) is 43.6 Å². The summed E-state index contributed by atoms with van der Waals surface area (Å²) >= 11 is 0. The summed E-state index contributed by atoms with van der Waals surface area (Å²) in [5.41, 5.74) is 4.15. The van der Waals surface area contributed by atoms with Crippen LogP contribution in [-0.2, 0) is 26.1 Å². The Morgan fingerprint density at radius 3 is 2.88 bits per heavy atom. The average Bonchev–Trinajstić information content (AvgIpc) is 2.92. The van der Waals surface area contributed by atoms with Gasteiger partial charge in [0.1, 0.15) is 0 Å². The lowest BCUT2D eigenvalue weighted by atomic mass is 10.1. The van der Waals surface area contributed by atoms with Crippen molar-refractivity contribution in [3.63, 3.8) is 0 Å². The van der Waals surface area contributed by atoms with Crippen molar-refractivity contribution >= 4 is 11.7 Å². The van der Waals surface area contributed by atoms with Crippen LogP contribution in [0.4, 0.5) is 10.5 Å². The van der Waals surface area contributed by atoms with Crippen molar-refractivity contribution in [2.45, 2.75) is 52.7 Å². The maximum absolute atomic E-state index is 12.2. The third-order valence-electron chi connectivity index (χ3n) is 4.76. The minimum Gasteiger partial charge on any atom is -0.332 e. The lowest BCUT2D eigenvalue weighted by Gasteiger charge is -2.17. The average molecular weight is 355 g/mol. The Labute approximate surface area is 155 Å². The Bertz CT molecular complexity index is 740. The topological polar surface area (TPSA) is 62.2 Å². The molecule has 2 heterocycles. The van der Waals surface area contributed by atoms with E-state index in [1.807, 2.05) is 24.3 Å². The smallest absolute Gasteiger partial charge is 0.319 e. The first kappa shape index (κ1) is 18.5. The van der Waals surface area contributed by atoms with Crippen LogP contribution < -0.4 is 10.6 Å². The number of rotatable bonds is 6. The quantitative estimate of drug-likeness (QED) is 0.835. The Balaban J connectivity index is 1.57. The van der Waals surface area contributed by atoms with Crippen LogP contribution in [0.25, 0.3) is 0 Å². The SMILES string of the molecule is CCCN1CCCn2nc(CNC(=O)Nc3ccccc3CC)cc2C1. The van der Waals surface area contributed by atoms with Crippen LogP contribution in [0.5, 0.6) is 0 Å². The predicted molar refractivity (Wildman–Crippen MR) is 104 cm³/mol. The van der Waals surface area contributed by atoms with E-state index in [1.165, 1.54) is 12.1 Å². The Morgan fingerprint density at radius 1 is 1.23 bits per heavy atom. The van der Waals surface area contributed by atoms with Crippen LogP contribution in [0, 0.1) is 0 Å². The summed E-state index contributed by atoms with van der Waals surface area (Å²) in [5, 5.41) is 10.5. The van der Waals surface area contributed by atoms with E-state index in [4.69, 9.17) is 0 Å². The number of benzene rings is 1. The summed E-state index contributed by atoms with van der Waals surface area (Å²) in [4.78, 5) is 14.7. The second-order valence-corrected chi connectivity index (χ2v) is 6.80. The third kappa shape index (κ3) is 4.64. The maximum Gasteiger partial charge on any atom is 0.319 e. The molecular formula is C20H29N5O. The number of amides is 2. The molecule has 1 aliphatic heterocycles. The van der Waals surface area contributed by atoms with Crippen molar-refractivity contribution in [2.75, 3.05) is 18.4 Å². The summed E-state index contributed by atoms with van der Waals surface area (Å²) in [7, 11) is 0. The summed E-state index contributed by atoms with van der Waals surface area (Å²) in [6.07, 6.45) is 3.18. The number of hydrogen-bond acceptors (Lipinski definition) is 3. The molecule has 0 saturated heterocycles. The first-order valence-corrected chi connectivity index (χ1v) is 9.60. The monoisotopic (exact) mass is 355 g/mol. The lowest BCUT2D eigenvalue weighted by molar-refractivity contribution is 0.251. The molecular weight excluding hydrogens is 326 g/mol. The Hall–Kier alpha value is -2.34. The van der Waals surface area contributed by atoms with Crippen LogP contribution in [0.15, 0.2) is 30.3 Å². The molecule has 0 saturated carbocycles. The highest BCUT2D eigenvalue weighted by Crippen LogP contribution is 2.16. The molecule has 0 atom stereocenters. The van der Waals surface area contributed by atoms with E-state index in [0.29, 0.717) is 6.54 Å². The van der Waals surface area contributed by atoms with E-state index in [2.05, 4.69) is 45.2 Å². The molecule has 140 valence electrons. The summed E-state index contributed by atoms with van der Waals surface area (Å²) < 4.78 is 2.09. The van der Waals surface area contributed by atoms with Crippen molar-refractivity contribution in [3.8, 4) is 0 Å². The standard InChI is InChI=1S/C20H29N5O/c1-3-10-24-11-7-12-25-18(15-24)13-17(23-25)14-21-20(26)22-19-9-6-5-8-16(19)4-2/h5-6,8-9,13H,3-4,7,10-12,14-15H2,1-2H3,(H2,21,22,26). The van der Waals surface area contributed by atoms with Gasteiger partial charge in [-0.05, 0) is 43.5 Å². The van der Waals surface area contributed by atoms with Gasteiger partial charge in [0.25, 0.3) is 0 Å². The molecule has 1 aliphatic rings. The second-order valence-electron chi connectivity index (χ2n) is 6.80. The van der Waals surface area contributed by atoms with Crippen LogP contribution in [0.3, 0.4) is 0 Å². The van der Waals surface area contributed by atoms with Crippen LogP contribution in [-0.4, -0.2) is 33.8 Å². The molecule has 3 rings (SSSR count). The van der Waals surface area contributed by atoms with E-state index in [9.17, 15) is 4.79 Å². The van der Waals surface area contributed by atoms with Gasteiger partial charge in [-0.3, -0.25) is 9.58 Å². The predicted octanol–water partition coefficient (Wildman–Crippen LogP) is 3.38. The number of nitrogens with zero attached hydrogens (tertiary/aromatic N) is 3. The largest absolute Gasteiger partial charge is 0.332 e. The minimum atomic E-state index is -0.193. The Morgan fingerprint density at radius 2 is 2.08 bits per heavy atom. The number of aryl methyl sites for hydroxylation is 2. The number of carbonyl (C=O) groups is 1. The molecule has 6 nitrogen and oxygen atoms in total. The van der Waals surface area contributed by atoms with Gasteiger partial charge in [0.15, 0.2) is 0 Å². The number of fused-ring (bicyclic) bond motifs is 1. The number of carbonyl (C=O) groups excluding carboxylic acids is 1. The van der Waals surface area contributed by atoms with E-state index in [1.54, 1.807) is 0 Å². The molecule has 0 spiro atoms. The van der Waals surface area contributed by atoms with Gasteiger partial charge in [-0.2, -0.15) is 5.10 Å². The molecule has 0 unspecified atom stereocenters. The number of hydrogen-bond donors (Lipinski definition) is 2. The number of nitrogens with one attached hydrogen (secondary N) is 2. The zero-order chi connectivity index (χ0) is 18.4. The van der Waals surface area contributed by atoms with Crippen molar-refractivity contribution in [2.24, 2.45) is 0 Å². The molecule has 26 heavy (non-hydrogen) atoms. The van der Waals surface area contributed by atoms with Crippen molar-refractivity contribution in [3.05, 3.63) is 47.3 Å². The molecule has 1 aromatic heterocycles. The molecule has 0 radical (unpaired) electrons. The van der Waals surface area contributed by atoms with Crippen LogP contribution in [0.2, 0.25) is 0 Å². The van der Waals surface area contributed by atoms with Gasteiger partial charge in [-0.1, -0.05) is 32.0 Å². The second kappa shape index (κ2) is 8.85. The summed E-state index contributed by atoms with van der Waals surface area (Å²) in [6, 6.07) is 9.81. The molecule has 1 aromatic carbocycles. The normalized spacial score (nSPS) is 14.5. The van der Waals surface area contributed by atoms with Gasteiger partial charge in [0.05, 0.1) is 17.9 Å². The highest BCUT2D eigenvalue weighted by atomic mass is 16.2. The van der Waals surface area contributed by atoms with Gasteiger partial charge in [-0.15, -0.1) is 0 Å². The molecule has 6 heteroatoms. The first-order chi connectivity index (χ1) is 12.7. The molecule has 0 fully saturated rings. The minimum absolute atomic E-state index is 0.193. The zero-order valence-electron chi connectivity index (χ0n) is 15.8.